The van der Waals surface area contributed by atoms with Crippen molar-refractivity contribution in [1.82, 2.24) is 9.97 Å². The highest BCUT2D eigenvalue weighted by Gasteiger charge is 2.86. The van der Waals surface area contributed by atoms with E-state index in [1.54, 1.807) is 5.38 Å². The quantitative estimate of drug-likeness (QED) is 0.325. The van der Waals surface area contributed by atoms with E-state index in [-0.39, 0.29) is 5.88 Å². The third-order valence-electron chi connectivity index (χ3n) is 4.62. The number of azide groups is 1. The number of nitrogens with zero attached hydrogens (tertiary/aromatic N) is 5. The number of ether oxygens (including phenoxy) is 1. The van der Waals surface area contributed by atoms with Gasteiger partial charge in [-0.1, -0.05) is 5.11 Å². The first-order valence-electron chi connectivity index (χ1n) is 6.67. The smallest absolute Gasteiger partial charge is 0.144 e. The molecule has 0 amide bonds. The molecule has 2 aromatic heterocycles. The number of nitrogen functional groups attached to an aromatic ring is 1. The zero-order valence-electron chi connectivity index (χ0n) is 11.5. The standard InChI is InChI=1S/C12H11ClN6O3S/c13-2-11-10(20)12(11,21)8(18-19-15)6(22-11)4-1-23-7-5(4)16-3-17-9(7)14/h1,3,6,8,10,20-21H,2H2,(H2,14,16,17)/t6-,8?,10?,11+,12+/m0/s1. The molecule has 0 spiro atoms. The molecule has 2 aliphatic rings. The second kappa shape index (κ2) is 4.67. The summed E-state index contributed by atoms with van der Waals surface area (Å²) in [5.74, 6) is 0.207. The molecule has 1 aliphatic carbocycles. The molecule has 120 valence electrons. The summed E-state index contributed by atoms with van der Waals surface area (Å²) in [7, 11) is 0. The number of thiophene rings is 1. The van der Waals surface area contributed by atoms with Gasteiger partial charge in [-0.25, -0.2) is 9.97 Å². The average molecular weight is 355 g/mol. The highest BCUT2D eigenvalue weighted by Crippen LogP contribution is 2.65. The van der Waals surface area contributed by atoms with Crippen molar-refractivity contribution in [2.75, 3.05) is 11.6 Å². The van der Waals surface area contributed by atoms with Crippen LogP contribution in [0.2, 0.25) is 0 Å². The van der Waals surface area contributed by atoms with E-state index in [0.717, 1.165) is 0 Å². The molecule has 2 unspecified atom stereocenters. The van der Waals surface area contributed by atoms with Gasteiger partial charge >= 0.3 is 0 Å². The van der Waals surface area contributed by atoms with Crippen LogP contribution in [0.25, 0.3) is 20.7 Å². The number of halogens is 1. The lowest BCUT2D eigenvalue weighted by molar-refractivity contribution is -0.0261. The van der Waals surface area contributed by atoms with Crippen LogP contribution in [0.1, 0.15) is 11.7 Å². The normalized spacial score (nSPS) is 38.3. The zero-order valence-corrected chi connectivity index (χ0v) is 13.1. The number of hydrogen-bond donors (Lipinski definition) is 3. The Morgan fingerprint density at radius 2 is 2.35 bits per heavy atom. The average Bonchev–Trinajstić information content (AvgIpc) is 2.89. The van der Waals surface area contributed by atoms with Crippen molar-refractivity contribution in [3.63, 3.8) is 0 Å². The summed E-state index contributed by atoms with van der Waals surface area (Å²) < 4.78 is 6.53. The third-order valence-corrected chi connectivity index (χ3v) is 6.02. The van der Waals surface area contributed by atoms with Crippen molar-refractivity contribution in [2.45, 2.75) is 29.5 Å². The Morgan fingerprint density at radius 3 is 3.04 bits per heavy atom. The largest absolute Gasteiger partial charge is 0.387 e. The van der Waals surface area contributed by atoms with Crippen LogP contribution >= 0.6 is 22.9 Å². The maximum absolute atomic E-state index is 10.7. The van der Waals surface area contributed by atoms with Crippen molar-refractivity contribution < 1.29 is 14.9 Å². The van der Waals surface area contributed by atoms with Gasteiger partial charge in [0.15, 0.2) is 0 Å². The molecule has 4 N–H and O–H groups in total. The Balaban J connectivity index is 1.85. The third kappa shape index (κ3) is 1.60. The molecule has 23 heavy (non-hydrogen) atoms. The Hall–Kier alpha value is -1.68. The van der Waals surface area contributed by atoms with E-state index in [0.29, 0.717) is 21.6 Å². The van der Waals surface area contributed by atoms with Crippen LogP contribution in [0.15, 0.2) is 16.8 Å². The van der Waals surface area contributed by atoms with Gasteiger partial charge in [-0.05, 0) is 10.9 Å². The second-order valence-electron chi connectivity index (χ2n) is 5.57. The molecule has 1 aliphatic heterocycles. The van der Waals surface area contributed by atoms with E-state index in [1.165, 1.54) is 17.7 Å². The molecule has 2 fully saturated rings. The molecule has 9 nitrogen and oxygen atoms in total. The van der Waals surface area contributed by atoms with Crippen molar-refractivity contribution in [1.29, 1.82) is 0 Å². The monoisotopic (exact) mass is 354 g/mol. The van der Waals surface area contributed by atoms with Gasteiger partial charge in [0.05, 0.1) is 22.2 Å². The summed E-state index contributed by atoms with van der Waals surface area (Å²) >= 11 is 7.22. The Labute approximate surface area is 138 Å². The number of aliphatic hydroxyl groups is 2. The molecule has 5 atom stereocenters. The van der Waals surface area contributed by atoms with Gasteiger partial charge < -0.3 is 20.7 Å². The van der Waals surface area contributed by atoms with Crippen LogP contribution in [0, 0.1) is 0 Å². The van der Waals surface area contributed by atoms with E-state index in [1.807, 2.05) is 0 Å². The van der Waals surface area contributed by atoms with Crippen molar-refractivity contribution in [2.24, 2.45) is 5.11 Å². The van der Waals surface area contributed by atoms with Crippen molar-refractivity contribution in [3.8, 4) is 0 Å². The minimum Gasteiger partial charge on any atom is -0.387 e. The number of alkyl halides is 1. The van der Waals surface area contributed by atoms with Crippen LogP contribution < -0.4 is 5.73 Å². The lowest BCUT2D eigenvalue weighted by Crippen LogP contribution is -2.33. The molecular weight excluding hydrogens is 344 g/mol. The summed E-state index contributed by atoms with van der Waals surface area (Å²) in [6.07, 6.45) is -0.655. The fourth-order valence-corrected chi connectivity index (χ4v) is 4.70. The number of nitrogens with two attached hydrogens (primary N) is 1. The van der Waals surface area contributed by atoms with Gasteiger partial charge in [-0.15, -0.1) is 22.9 Å². The zero-order chi connectivity index (χ0) is 16.4. The molecule has 0 radical (unpaired) electrons. The Morgan fingerprint density at radius 1 is 1.57 bits per heavy atom. The predicted molar refractivity (Wildman–Crippen MR) is 83.0 cm³/mol. The summed E-state index contributed by atoms with van der Waals surface area (Å²) in [5, 5.41) is 26.1. The fraction of sp³-hybridized carbons (Fsp3) is 0.500. The summed E-state index contributed by atoms with van der Waals surface area (Å²) in [5.41, 5.74) is 12.8. The van der Waals surface area contributed by atoms with Crippen molar-refractivity contribution >= 4 is 39.0 Å². The number of aromatic nitrogens is 2. The number of hydrogen-bond acceptors (Lipinski definition) is 8. The molecule has 0 aromatic carbocycles. The van der Waals surface area contributed by atoms with E-state index in [4.69, 9.17) is 27.6 Å². The van der Waals surface area contributed by atoms with Gasteiger partial charge in [-0.3, -0.25) is 0 Å². The Bertz CT molecular complexity index is 856. The molecule has 3 heterocycles. The van der Waals surface area contributed by atoms with Crippen molar-refractivity contribution in [3.05, 3.63) is 27.7 Å². The van der Waals surface area contributed by atoms with Crippen LogP contribution in [-0.2, 0) is 4.74 Å². The fourth-order valence-electron chi connectivity index (χ4n) is 3.33. The summed E-state index contributed by atoms with van der Waals surface area (Å²) in [6.45, 7) is 0. The first-order chi connectivity index (χ1) is 11.0. The molecular formula is C12H11ClN6O3S. The SMILES string of the molecule is [N-]=[N+]=NC1[C@H](c2csc3c(N)ncnc23)O[C@]2(CCl)C(O)[C@]12O. The van der Waals surface area contributed by atoms with Crippen LogP contribution in [-0.4, -0.2) is 49.4 Å². The Kier molecular flexibility index (Phi) is 3.02. The van der Waals surface area contributed by atoms with Crippen LogP contribution in [0.4, 0.5) is 5.82 Å². The van der Waals surface area contributed by atoms with E-state index < -0.39 is 29.5 Å². The topological polar surface area (TPSA) is 150 Å². The van der Waals surface area contributed by atoms with E-state index >= 15 is 0 Å². The van der Waals surface area contributed by atoms with E-state index in [9.17, 15) is 10.2 Å². The minimum atomic E-state index is -1.71. The molecule has 11 heteroatoms. The number of aliphatic hydroxyl groups excluding tert-OH is 1. The second-order valence-corrected chi connectivity index (χ2v) is 6.71. The highest BCUT2D eigenvalue weighted by molar-refractivity contribution is 7.17. The van der Waals surface area contributed by atoms with E-state index in [2.05, 4.69) is 20.0 Å². The molecule has 2 aromatic rings. The van der Waals surface area contributed by atoms with Gasteiger partial charge in [0.25, 0.3) is 0 Å². The summed E-state index contributed by atoms with van der Waals surface area (Å²) in [4.78, 5) is 10.9. The molecule has 0 bridgehead atoms. The van der Waals surface area contributed by atoms with Gasteiger partial charge in [0.2, 0.25) is 0 Å². The number of fused-ring (bicyclic) bond motifs is 2. The van der Waals surface area contributed by atoms with Gasteiger partial charge in [0, 0.05) is 10.5 Å². The van der Waals surface area contributed by atoms with Crippen LogP contribution in [0.5, 0.6) is 0 Å². The first kappa shape index (κ1) is 14.9. The van der Waals surface area contributed by atoms with Gasteiger partial charge in [-0.2, -0.15) is 0 Å². The number of rotatable bonds is 3. The highest BCUT2D eigenvalue weighted by atomic mass is 35.5. The summed E-state index contributed by atoms with van der Waals surface area (Å²) in [6, 6.07) is -1.02. The lowest BCUT2D eigenvalue weighted by Gasteiger charge is -2.21. The maximum atomic E-state index is 10.7. The minimum absolute atomic E-state index is 0.127. The van der Waals surface area contributed by atoms with Gasteiger partial charge in [0.1, 0.15) is 35.5 Å². The molecule has 4 rings (SSSR count). The number of anilines is 1. The molecule has 1 saturated carbocycles. The first-order valence-corrected chi connectivity index (χ1v) is 8.08. The predicted octanol–water partition coefficient (Wildman–Crippen LogP) is 1.11. The molecule has 1 saturated heterocycles. The van der Waals surface area contributed by atoms with Crippen LogP contribution in [0.3, 0.4) is 0 Å². The maximum Gasteiger partial charge on any atom is 0.144 e. The lowest BCUT2D eigenvalue weighted by atomic mass is 9.99.